The van der Waals surface area contributed by atoms with Crippen molar-refractivity contribution in [3.8, 4) is 11.3 Å². The van der Waals surface area contributed by atoms with Crippen LogP contribution in [0.2, 0.25) is 0 Å². The number of furan rings is 1. The van der Waals surface area contributed by atoms with Crippen LogP contribution in [0.5, 0.6) is 0 Å². The highest BCUT2D eigenvalue weighted by molar-refractivity contribution is 7.80. The number of nitro benzene ring substituents is 1. The van der Waals surface area contributed by atoms with Crippen molar-refractivity contribution in [1.29, 1.82) is 0 Å². The van der Waals surface area contributed by atoms with Gasteiger partial charge in [0.15, 0.2) is 5.11 Å². The van der Waals surface area contributed by atoms with E-state index >= 15 is 0 Å². The lowest BCUT2D eigenvalue weighted by molar-refractivity contribution is -0.384. The third-order valence-electron chi connectivity index (χ3n) is 3.71. The summed E-state index contributed by atoms with van der Waals surface area (Å²) >= 11 is 4.85. The lowest BCUT2D eigenvalue weighted by Gasteiger charge is -2.04. The predicted molar refractivity (Wildman–Crippen MR) is 92.1 cm³/mol. The third-order valence-corrected chi connectivity index (χ3v) is 3.91. The lowest BCUT2D eigenvalue weighted by atomic mass is 10.0. The minimum Gasteiger partial charge on any atom is -0.456 e. The van der Waals surface area contributed by atoms with E-state index in [1.54, 1.807) is 18.2 Å². The van der Waals surface area contributed by atoms with Crippen molar-refractivity contribution in [2.75, 3.05) is 0 Å². The molecule has 0 unspecified atom stereocenters. The number of rotatable bonds is 3. The maximum Gasteiger partial charge on any atom is 0.280 e. The van der Waals surface area contributed by atoms with Gasteiger partial charge in [-0.15, -0.1) is 0 Å². The molecule has 1 amide bonds. The average Bonchev–Trinajstić information content (AvgIpc) is 3.08. The highest BCUT2D eigenvalue weighted by atomic mass is 32.1. The Kier molecular flexibility index (Phi) is 3.90. The molecule has 0 aliphatic carbocycles. The fourth-order valence-electron chi connectivity index (χ4n) is 2.35. The minimum atomic E-state index is -0.438. The van der Waals surface area contributed by atoms with Gasteiger partial charge in [-0.25, -0.2) is 0 Å². The summed E-state index contributed by atoms with van der Waals surface area (Å²) in [5.41, 5.74) is 2.39. The first kappa shape index (κ1) is 15.9. The van der Waals surface area contributed by atoms with Crippen molar-refractivity contribution in [3.05, 3.63) is 57.0 Å². The molecule has 1 aromatic heterocycles. The number of carbonyl (C=O) groups excluding carboxylic acids is 1. The number of hydrogen-bond donors (Lipinski definition) is 2. The van der Waals surface area contributed by atoms with E-state index in [0.29, 0.717) is 17.1 Å². The van der Waals surface area contributed by atoms with Gasteiger partial charge in [0.25, 0.3) is 11.6 Å². The molecule has 1 aliphatic heterocycles. The van der Waals surface area contributed by atoms with Crippen LogP contribution in [0.1, 0.15) is 16.9 Å². The molecule has 1 aliphatic rings. The maximum atomic E-state index is 11.6. The van der Waals surface area contributed by atoms with Gasteiger partial charge in [0.1, 0.15) is 17.2 Å². The van der Waals surface area contributed by atoms with Gasteiger partial charge in [-0.3, -0.25) is 20.2 Å². The molecule has 8 heteroatoms. The smallest absolute Gasteiger partial charge is 0.280 e. The van der Waals surface area contributed by atoms with Crippen LogP contribution in [-0.2, 0) is 4.79 Å². The Hall–Kier alpha value is -3.00. The lowest BCUT2D eigenvalue weighted by Crippen LogP contribution is -2.21. The van der Waals surface area contributed by atoms with E-state index in [1.807, 2.05) is 13.8 Å². The number of nitro groups is 1. The van der Waals surface area contributed by atoms with Gasteiger partial charge < -0.3 is 9.73 Å². The Morgan fingerprint density at radius 3 is 2.54 bits per heavy atom. The first-order valence-corrected chi connectivity index (χ1v) is 7.46. The van der Waals surface area contributed by atoms with Gasteiger partial charge in [0, 0.05) is 12.1 Å². The maximum absolute atomic E-state index is 11.6. The Labute approximate surface area is 142 Å². The van der Waals surface area contributed by atoms with Crippen LogP contribution in [0.4, 0.5) is 5.69 Å². The standard InChI is InChI=1S/C16H13N3O4S/c1-8-5-11(13(19(21)22)6-9(8)2)14-4-3-10(23-14)7-12-15(20)18-16(24)17-12/h3-7H,1-2H3,(H2,17,18,20,24)/b12-7+. The summed E-state index contributed by atoms with van der Waals surface area (Å²) in [6.45, 7) is 3.69. The number of nitrogens with one attached hydrogen (secondary N) is 2. The summed E-state index contributed by atoms with van der Waals surface area (Å²) in [5.74, 6) is 0.396. The number of amides is 1. The molecular formula is C16H13N3O4S. The molecule has 3 rings (SSSR count). The molecule has 24 heavy (non-hydrogen) atoms. The number of carbonyl (C=O) groups is 1. The molecule has 1 fully saturated rings. The normalized spacial score (nSPS) is 15.5. The summed E-state index contributed by atoms with van der Waals surface area (Å²) < 4.78 is 5.66. The number of nitrogens with zero attached hydrogens (tertiary/aromatic N) is 1. The number of aryl methyl sites for hydroxylation is 2. The average molecular weight is 343 g/mol. The Morgan fingerprint density at radius 1 is 1.21 bits per heavy atom. The van der Waals surface area contributed by atoms with E-state index in [0.717, 1.165) is 11.1 Å². The second kappa shape index (κ2) is 5.89. The van der Waals surface area contributed by atoms with E-state index in [-0.39, 0.29) is 22.4 Å². The summed E-state index contributed by atoms with van der Waals surface area (Å²) in [6.07, 6.45) is 1.49. The van der Waals surface area contributed by atoms with Gasteiger partial charge >= 0.3 is 0 Å². The minimum absolute atomic E-state index is 0.0236. The summed E-state index contributed by atoms with van der Waals surface area (Å²) in [4.78, 5) is 22.5. The van der Waals surface area contributed by atoms with Crippen molar-refractivity contribution in [3.63, 3.8) is 0 Å². The summed E-state index contributed by atoms with van der Waals surface area (Å²) in [5, 5.41) is 16.7. The molecule has 0 atom stereocenters. The molecule has 0 radical (unpaired) electrons. The number of hydrogen-bond acceptors (Lipinski definition) is 5. The highest BCUT2D eigenvalue weighted by Gasteiger charge is 2.22. The van der Waals surface area contributed by atoms with Crippen LogP contribution in [0.3, 0.4) is 0 Å². The van der Waals surface area contributed by atoms with Crippen LogP contribution >= 0.6 is 12.2 Å². The van der Waals surface area contributed by atoms with E-state index in [4.69, 9.17) is 16.6 Å². The van der Waals surface area contributed by atoms with Crippen molar-refractivity contribution in [1.82, 2.24) is 10.6 Å². The first-order chi connectivity index (χ1) is 11.3. The van der Waals surface area contributed by atoms with Crippen LogP contribution in [-0.4, -0.2) is 15.9 Å². The third kappa shape index (κ3) is 2.91. The van der Waals surface area contributed by atoms with Crippen LogP contribution in [0.25, 0.3) is 17.4 Å². The summed E-state index contributed by atoms with van der Waals surface area (Å²) in [6, 6.07) is 6.51. The Balaban J connectivity index is 2.01. The molecular weight excluding hydrogens is 330 g/mol. The van der Waals surface area contributed by atoms with E-state index in [1.165, 1.54) is 12.1 Å². The molecule has 1 aromatic carbocycles. The second-order valence-electron chi connectivity index (χ2n) is 5.38. The van der Waals surface area contributed by atoms with Crippen LogP contribution < -0.4 is 10.6 Å². The zero-order valence-electron chi connectivity index (χ0n) is 12.9. The zero-order chi connectivity index (χ0) is 17.4. The molecule has 2 aromatic rings. The SMILES string of the molecule is Cc1cc(-c2ccc(/C=C3/NC(=S)NC3=O)o2)c([N+](=O)[O-])cc1C. The molecule has 0 bridgehead atoms. The Bertz CT molecular complexity index is 914. The van der Waals surface area contributed by atoms with E-state index < -0.39 is 4.92 Å². The summed E-state index contributed by atoms with van der Waals surface area (Å²) in [7, 11) is 0. The fraction of sp³-hybridized carbons (Fsp3) is 0.125. The molecule has 0 spiro atoms. The molecule has 2 N–H and O–H groups in total. The molecule has 7 nitrogen and oxygen atoms in total. The zero-order valence-corrected chi connectivity index (χ0v) is 13.7. The van der Waals surface area contributed by atoms with Crippen LogP contribution in [0.15, 0.2) is 34.4 Å². The van der Waals surface area contributed by atoms with E-state index in [2.05, 4.69) is 10.6 Å². The highest BCUT2D eigenvalue weighted by Crippen LogP contribution is 2.34. The fourth-order valence-corrected chi connectivity index (χ4v) is 2.55. The molecule has 0 saturated carbocycles. The molecule has 122 valence electrons. The molecule has 1 saturated heterocycles. The van der Waals surface area contributed by atoms with Gasteiger partial charge in [0.05, 0.1) is 10.5 Å². The predicted octanol–water partition coefficient (Wildman–Crippen LogP) is 2.82. The van der Waals surface area contributed by atoms with Crippen LogP contribution in [0, 0.1) is 24.0 Å². The van der Waals surface area contributed by atoms with Gasteiger partial charge in [-0.05, 0) is 55.4 Å². The van der Waals surface area contributed by atoms with Crippen molar-refractivity contribution in [2.24, 2.45) is 0 Å². The number of benzene rings is 1. The molecule has 2 heterocycles. The van der Waals surface area contributed by atoms with Crippen molar-refractivity contribution < 1.29 is 14.1 Å². The van der Waals surface area contributed by atoms with E-state index in [9.17, 15) is 14.9 Å². The first-order valence-electron chi connectivity index (χ1n) is 7.05. The topological polar surface area (TPSA) is 97.4 Å². The quantitative estimate of drug-likeness (QED) is 0.385. The number of thiocarbonyl (C=S) groups is 1. The van der Waals surface area contributed by atoms with Crippen molar-refractivity contribution in [2.45, 2.75) is 13.8 Å². The monoisotopic (exact) mass is 343 g/mol. The van der Waals surface area contributed by atoms with Gasteiger partial charge in [-0.1, -0.05) is 0 Å². The van der Waals surface area contributed by atoms with Gasteiger partial charge in [0.2, 0.25) is 0 Å². The second-order valence-corrected chi connectivity index (χ2v) is 5.79. The van der Waals surface area contributed by atoms with Crippen molar-refractivity contribution >= 4 is 35.0 Å². The Morgan fingerprint density at radius 2 is 1.92 bits per heavy atom. The van der Waals surface area contributed by atoms with Gasteiger partial charge in [-0.2, -0.15) is 0 Å². The largest absolute Gasteiger partial charge is 0.456 e.